The summed E-state index contributed by atoms with van der Waals surface area (Å²) in [5.41, 5.74) is 5.84. The molecule has 3 unspecified atom stereocenters. The Morgan fingerprint density at radius 2 is 1.91 bits per heavy atom. The van der Waals surface area contributed by atoms with E-state index in [2.05, 4.69) is 6.92 Å². The lowest BCUT2D eigenvalue weighted by atomic mass is 9.86. The van der Waals surface area contributed by atoms with Crippen molar-refractivity contribution in [3.63, 3.8) is 0 Å². The van der Waals surface area contributed by atoms with Gasteiger partial charge >= 0.3 is 0 Å². The van der Waals surface area contributed by atoms with Crippen molar-refractivity contribution in [3.05, 3.63) is 0 Å². The molecule has 2 bridgehead atoms. The molecule has 0 aromatic rings. The second-order valence-corrected chi connectivity index (χ2v) is 4.01. The fraction of sp³-hybridized carbons (Fsp3) is 1.00. The van der Waals surface area contributed by atoms with Gasteiger partial charge < -0.3 is 15.9 Å². The second-order valence-electron chi connectivity index (χ2n) is 4.01. The molecule has 2 aliphatic rings. The molecule has 3 heteroatoms. The van der Waals surface area contributed by atoms with Crippen LogP contribution in [0.15, 0.2) is 0 Å². The minimum atomic E-state index is -0.571. The van der Waals surface area contributed by atoms with Crippen LogP contribution in [0, 0.1) is 17.8 Å². The van der Waals surface area contributed by atoms with Gasteiger partial charge in [-0.25, -0.2) is 0 Å². The Morgan fingerprint density at radius 1 is 1.27 bits per heavy atom. The summed E-state index contributed by atoms with van der Waals surface area (Å²) in [5.74, 6) is 0.758. The Morgan fingerprint density at radius 3 is 2.27 bits per heavy atom. The number of hydrogen-bond donors (Lipinski definition) is 3. The topological polar surface area (TPSA) is 66.5 Å². The minimum absolute atomic E-state index is 0.0231. The van der Waals surface area contributed by atoms with Crippen LogP contribution in [0.25, 0.3) is 0 Å². The summed E-state index contributed by atoms with van der Waals surface area (Å²) in [5, 5.41) is 18.9. The molecule has 0 aromatic carbocycles. The first-order chi connectivity index (χ1) is 5.13. The summed E-state index contributed by atoms with van der Waals surface area (Å²) in [4.78, 5) is 0. The van der Waals surface area contributed by atoms with Crippen LogP contribution >= 0.6 is 0 Å². The zero-order chi connectivity index (χ0) is 8.17. The summed E-state index contributed by atoms with van der Waals surface area (Å²) in [7, 11) is 0. The van der Waals surface area contributed by atoms with E-state index in [1.54, 1.807) is 0 Å². The first-order valence-corrected chi connectivity index (χ1v) is 4.24. The molecule has 0 heterocycles. The lowest BCUT2D eigenvalue weighted by Gasteiger charge is -2.26. The van der Waals surface area contributed by atoms with E-state index in [0.717, 1.165) is 6.42 Å². The van der Waals surface area contributed by atoms with Gasteiger partial charge in [0.05, 0.1) is 12.2 Å². The lowest BCUT2D eigenvalue weighted by molar-refractivity contribution is -0.0309. The number of aliphatic hydroxyl groups is 2. The maximum Gasteiger partial charge on any atom is 0.0847 e. The molecule has 2 aliphatic carbocycles. The van der Waals surface area contributed by atoms with Gasteiger partial charge in [-0.2, -0.15) is 0 Å². The minimum Gasteiger partial charge on any atom is -0.390 e. The Kier molecular flexibility index (Phi) is 1.50. The second kappa shape index (κ2) is 2.19. The average Bonchev–Trinajstić information content (AvgIpc) is 2.31. The predicted molar refractivity (Wildman–Crippen MR) is 40.8 cm³/mol. The van der Waals surface area contributed by atoms with Gasteiger partial charge in [0.1, 0.15) is 0 Å². The number of hydrogen-bond acceptors (Lipinski definition) is 3. The van der Waals surface area contributed by atoms with Crippen LogP contribution in [0.2, 0.25) is 0 Å². The molecule has 0 aromatic heterocycles. The van der Waals surface area contributed by atoms with Crippen molar-refractivity contribution in [2.24, 2.45) is 23.5 Å². The Bertz CT molecular complexity index is 169. The number of aliphatic hydroxyl groups excluding tert-OH is 2. The van der Waals surface area contributed by atoms with Crippen molar-refractivity contribution in [2.45, 2.75) is 31.6 Å². The van der Waals surface area contributed by atoms with Crippen LogP contribution in [0.4, 0.5) is 0 Å². The van der Waals surface area contributed by atoms with Crippen molar-refractivity contribution < 1.29 is 10.2 Å². The van der Waals surface area contributed by atoms with Gasteiger partial charge in [-0.05, 0) is 12.3 Å². The molecule has 11 heavy (non-hydrogen) atoms. The van der Waals surface area contributed by atoms with E-state index in [0.29, 0.717) is 5.92 Å². The van der Waals surface area contributed by atoms with E-state index in [4.69, 9.17) is 5.73 Å². The summed E-state index contributed by atoms with van der Waals surface area (Å²) in [6.45, 7) is 2.10. The molecule has 0 spiro atoms. The number of rotatable bonds is 0. The van der Waals surface area contributed by atoms with Gasteiger partial charge in [0.25, 0.3) is 0 Å². The van der Waals surface area contributed by atoms with E-state index >= 15 is 0 Å². The Labute approximate surface area is 66.2 Å². The van der Waals surface area contributed by atoms with Crippen LogP contribution in [-0.2, 0) is 0 Å². The third-order valence-corrected chi connectivity index (χ3v) is 3.42. The van der Waals surface area contributed by atoms with Gasteiger partial charge in [-0.3, -0.25) is 0 Å². The van der Waals surface area contributed by atoms with Gasteiger partial charge in [-0.1, -0.05) is 6.92 Å². The zero-order valence-electron chi connectivity index (χ0n) is 6.64. The molecule has 4 N–H and O–H groups in total. The fourth-order valence-corrected chi connectivity index (χ4v) is 2.82. The van der Waals surface area contributed by atoms with Crippen LogP contribution in [0.3, 0.4) is 0 Å². The van der Waals surface area contributed by atoms with Crippen molar-refractivity contribution in [2.75, 3.05) is 0 Å². The quantitative estimate of drug-likeness (QED) is 0.436. The summed E-state index contributed by atoms with van der Waals surface area (Å²) < 4.78 is 0. The molecule has 0 aliphatic heterocycles. The molecular weight excluding hydrogens is 142 g/mol. The molecule has 0 radical (unpaired) electrons. The molecule has 64 valence electrons. The van der Waals surface area contributed by atoms with Crippen molar-refractivity contribution in [3.8, 4) is 0 Å². The lowest BCUT2D eigenvalue weighted by Crippen LogP contribution is -2.35. The summed E-state index contributed by atoms with van der Waals surface area (Å²) in [6, 6.07) is 0.0231. The van der Waals surface area contributed by atoms with Gasteiger partial charge in [-0.15, -0.1) is 0 Å². The van der Waals surface area contributed by atoms with Crippen LogP contribution in [0.1, 0.15) is 13.3 Å². The number of nitrogens with two attached hydrogens (primary N) is 1. The first kappa shape index (κ1) is 7.53. The smallest absolute Gasteiger partial charge is 0.0847 e. The highest BCUT2D eigenvalue weighted by Crippen LogP contribution is 2.47. The van der Waals surface area contributed by atoms with E-state index in [9.17, 15) is 10.2 Å². The SMILES string of the molecule is C[C@H]1CC2[C@H](N)C1C(O)[C@@H]2O. The third kappa shape index (κ3) is 0.789. The molecule has 0 amide bonds. The zero-order valence-corrected chi connectivity index (χ0v) is 6.64. The van der Waals surface area contributed by atoms with E-state index < -0.39 is 12.2 Å². The number of fused-ring (bicyclic) bond motifs is 2. The summed E-state index contributed by atoms with van der Waals surface area (Å²) >= 11 is 0. The highest BCUT2D eigenvalue weighted by molar-refractivity contribution is 5.07. The van der Waals surface area contributed by atoms with Gasteiger partial charge in [0.2, 0.25) is 0 Å². The van der Waals surface area contributed by atoms with E-state index in [-0.39, 0.29) is 17.9 Å². The van der Waals surface area contributed by atoms with Crippen molar-refractivity contribution >= 4 is 0 Å². The highest BCUT2D eigenvalue weighted by Gasteiger charge is 2.55. The molecule has 6 atom stereocenters. The first-order valence-electron chi connectivity index (χ1n) is 4.24. The predicted octanol–water partition coefficient (Wildman–Crippen LogP) is -0.679. The largest absolute Gasteiger partial charge is 0.390 e. The molecule has 2 saturated carbocycles. The van der Waals surface area contributed by atoms with Crippen LogP contribution < -0.4 is 5.73 Å². The average molecular weight is 157 g/mol. The highest BCUT2D eigenvalue weighted by atomic mass is 16.3. The molecule has 2 fully saturated rings. The Hall–Kier alpha value is -0.120. The van der Waals surface area contributed by atoms with Crippen LogP contribution in [-0.4, -0.2) is 28.5 Å². The van der Waals surface area contributed by atoms with Crippen LogP contribution in [0.5, 0.6) is 0 Å². The van der Waals surface area contributed by atoms with Gasteiger partial charge in [0.15, 0.2) is 0 Å². The fourth-order valence-electron chi connectivity index (χ4n) is 2.82. The van der Waals surface area contributed by atoms with Gasteiger partial charge in [0, 0.05) is 17.9 Å². The standard InChI is InChI=1S/C8H15NO2/c1-3-2-4-6(9)5(3)8(11)7(4)10/h3-8,10-11H,2,9H2,1H3/t3-,4?,5?,6-,7+,8?/m0/s1. The van der Waals surface area contributed by atoms with E-state index in [1.807, 2.05) is 0 Å². The van der Waals surface area contributed by atoms with E-state index in [1.165, 1.54) is 0 Å². The van der Waals surface area contributed by atoms with Crippen molar-refractivity contribution in [1.82, 2.24) is 0 Å². The molecule has 3 nitrogen and oxygen atoms in total. The molecular formula is C8H15NO2. The molecule has 0 saturated heterocycles. The Balaban J connectivity index is 2.24. The normalized spacial score (nSPS) is 62.2. The monoisotopic (exact) mass is 157 g/mol. The molecule has 2 rings (SSSR count). The summed E-state index contributed by atoms with van der Waals surface area (Å²) in [6.07, 6.45) is -0.158. The van der Waals surface area contributed by atoms with Crippen molar-refractivity contribution in [1.29, 1.82) is 0 Å². The maximum absolute atomic E-state index is 9.50. The third-order valence-electron chi connectivity index (χ3n) is 3.42. The maximum atomic E-state index is 9.50.